The van der Waals surface area contributed by atoms with Crippen LogP contribution in [0.3, 0.4) is 0 Å². The molecule has 2 aromatic rings. The Morgan fingerprint density at radius 3 is 2.73 bits per heavy atom. The molecule has 0 aromatic carbocycles. The maximum absolute atomic E-state index is 4.36. The number of halogens is 1. The van der Waals surface area contributed by atoms with Crippen molar-refractivity contribution >= 4 is 43.7 Å². The van der Waals surface area contributed by atoms with Gasteiger partial charge in [-0.2, -0.15) is 0 Å². The van der Waals surface area contributed by atoms with Crippen molar-refractivity contribution in [3.63, 3.8) is 0 Å². The molecule has 0 fully saturated rings. The third-order valence-electron chi connectivity index (χ3n) is 1.96. The standard InChI is InChI=1S/C10H11BrN2S2/c1-7-5-12-10(14-7)13(2)6-8-3-4-9(11)15-8/h3-5H,6H2,1-2H3. The van der Waals surface area contributed by atoms with Crippen molar-refractivity contribution in [1.29, 1.82) is 0 Å². The van der Waals surface area contributed by atoms with E-state index in [4.69, 9.17) is 0 Å². The molecule has 0 saturated heterocycles. The summed E-state index contributed by atoms with van der Waals surface area (Å²) in [5, 5.41) is 1.08. The third-order valence-corrected chi connectivity index (χ3v) is 4.59. The first kappa shape index (κ1) is 11.1. The largest absolute Gasteiger partial charge is 0.346 e. The normalized spacial score (nSPS) is 10.6. The van der Waals surface area contributed by atoms with Crippen molar-refractivity contribution in [3.05, 3.63) is 31.9 Å². The van der Waals surface area contributed by atoms with E-state index in [1.807, 2.05) is 6.20 Å². The molecule has 0 aliphatic rings. The lowest BCUT2D eigenvalue weighted by atomic mass is 10.4. The molecule has 0 N–H and O–H groups in total. The number of aryl methyl sites for hydroxylation is 1. The Morgan fingerprint density at radius 1 is 1.40 bits per heavy atom. The predicted molar refractivity (Wildman–Crippen MR) is 71.0 cm³/mol. The lowest BCUT2D eigenvalue weighted by molar-refractivity contribution is 0.931. The lowest BCUT2D eigenvalue weighted by Gasteiger charge is -2.13. The predicted octanol–water partition coefficient (Wildman–Crippen LogP) is 3.91. The Hall–Kier alpha value is -0.390. The van der Waals surface area contributed by atoms with Gasteiger partial charge in [0.15, 0.2) is 5.13 Å². The summed E-state index contributed by atoms with van der Waals surface area (Å²) in [6.07, 6.45) is 1.92. The highest BCUT2D eigenvalue weighted by molar-refractivity contribution is 9.11. The van der Waals surface area contributed by atoms with Crippen molar-refractivity contribution in [3.8, 4) is 0 Å². The van der Waals surface area contributed by atoms with Gasteiger partial charge in [-0.25, -0.2) is 4.98 Å². The summed E-state index contributed by atoms with van der Waals surface area (Å²) in [7, 11) is 2.08. The summed E-state index contributed by atoms with van der Waals surface area (Å²) in [5.41, 5.74) is 0. The highest BCUT2D eigenvalue weighted by Crippen LogP contribution is 2.26. The van der Waals surface area contributed by atoms with Crippen LogP contribution in [0.1, 0.15) is 9.75 Å². The van der Waals surface area contributed by atoms with E-state index in [-0.39, 0.29) is 0 Å². The van der Waals surface area contributed by atoms with Gasteiger partial charge in [-0.15, -0.1) is 22.7 Å². The van der Waals surface area contributed by atoms with Gasteiger partial charge < -0.3 is 4.90 Å². The number of thiazole rings is 1. The maximum atomic E-state index is 4.36. The van der Waals surface area contributed by atoms with Crippen LogP contribution >= 0.6 is 38.6 Å². The van der Waals surface area contributed by atoms with Crippen molar-refractivity contribution in [2.24, 2.45) is 0 Å². The number of nitrogens with zero attached hydrogens (tertiary/aromatic N) is 2. The van der Waals surface area contributed by atoms with Crippen LogP contribution in [0.15, 0.2) is 22.1 Å². The highest BCUT2D eigenvalue weighted by atomic mass is 79.9. The van der Waals surface area contributed by atoms with Crippen LogP contribution in [0.4, 0.5) is 5.13 Å². The number of hydrogen-bond acceptors (Lipinski definition) is 4. The van der Waals surface area contributed by atoms with Gasteiger partial charge in [-0.1, -0.05) is 0 Å². The van der Waals surface area contributed by atoms with Gasteiger partial charge in [-0.05, 0) is 35.0 Å². The summed E-state index contributed by atoms with van der Waals surface area (Å²) >= 11 is 6.97. The fourth-order valence-electron chi connectivity index (χ4n) is 1.26. The first-order chi connectivity index (χ1) is 7.15. The molecule has 80 valence electrons. The summed E-state index contributed by atoms with van der Waals surface area (Å²) in [6, 6.07) is 4.23. The molecule has 2 rings (SSSR count). The van der Waals surface area contributed by atoms with E-state index in [2.05, 4.69) is 51.9 Å². The fraction of sp³-hybridized carbons (Fsp3) is 0.300. The van der Waals surface area contributed by atoms with Gasteiger partial charge in [0.1, 0.15) is 0 Å². The zero-order valence-corrected chi connectivity index (χ0v) is 11.7. The average Bonchev–Trinajstić information content (AvgIpc) is 2.75. The second kappa shape index (κ2) is 4.63. The smallest absolute Gasteiger partial charge is 0.185 e. The minimum Gasteiger partial charge on any atom is -0.346 e. The average molecular weight is 303 g/mol. The topological polar surface area (TPSA) is 16.1 Å². The van der Waals surface area contributed by atoms with Gasteiger partial charge in [0.25, 0.3) is 0 Å². The molecule has 0 amide bonds. The summed E-state index contributed by atoms with van der Waals surface area (Å²) in [6.45, 7) is 3.00. The van der Waals surface area contributed by atoms with E-state index in [0.29, 0.717) is 0 Å². The van der Waals surface area contributed by atoms with Crippen LogP contribution in [-0.4, -0.2) is 12.0 Å². The summed E-state index contributed by atoms with van der Waals surface area (Å²) in [5.74, 6) is 0. The van der Waals surface area contributed by atoms with E-state index < -0.39 is 0 Å². The SMILES string of the molecule is Cc1cnc(N(C)Cc2ccc(Br)s2)s1. The molecule has 0 spiro atoms. The summed E-state index contributed by atoms with van der Waals surface area (Å²) < 4.78 is 1.18. The number of hydrogen-bond donors (Lipinski definition) is 0. The van der Waals surface area contributed by atoms with E-state index >= 15 is 0 Å². The van der Waals surface area contributed by atoms with Crippen LogP contribution in [0.2, 0.25) is 0 Å². The molecule has 0 bridgehead atoms. The van der Waals surface area contributed by atoms with E-state index in [1.165, 1.54) is 13.5 Å². The molecule has 0 saturated carbocycles. The zero-order chi connectivity index (χ0) is 10.8. The van der Waals surface area contributed by atoms with Gasteiger partial charge in [-0.3, -0.25) is 0 Å². The molecule has 15 heavy (non-hydrogen) atoms. The van der Waals surface area contributed by atoms with E-state index in [1.54, 1.807) is 22.7 Å². The molecule has 2 heterocycles. The van der Waals surface area contributed by atoms with Gasteiger partial charge in [0.2, 0.25) is 0 Å². The van der Waals surface area contributed by atoms with Gasteiger partial charge in [0, 0.05) is 23.0 Å². The Labute approximate surface area is 106 Å². The van der Waals surface area contributed by atoms with Crippen LogP contribution in [0.5, 0.6) is 0 Å². The minimum absolute atomic E-state index is 0.920. The van der Waals surface area contributed by atoms with Gasteiger partial charge in [0.05, 0.1) is 10.3 Å². The monoisotopic (exact) mass is 302 g/mol. The summed E-state index contributed by atoms with van der Waals surface area (Å²) in [4.78, 5) is 9.13. The molecule has 0 aliphatic carbocycles. The second-order valence-corrected chi connectivity index (χ2v) is 7.08. The second-order valence-electron chi connectivity index (χ2n) is 3.32. The van der Waals surface area contributed by atoms with Crippen molar-refractivity contribution in [2.45, 2.75) is 13.5 Å². The van der Waals surface area contributed by atoms with Crippen molar-refractivity contribution in [1.82, 2.24) is 4.98 Å². The molecular weight excluding hydrogens is 292 g/mol. The van der Waals surface area contributed by atoms with Crippen LogP contribution in [0.25, 0.3) is 0 Å². The minimum atomic E-state index is 0.920. The maximum Gasteiger partial charge on any atom is 0.185 e. The highest BCUT2D eigenvalue weighted by Gasteiger charge is 2.07. The molecule has 2 nitrogen and oxygen atoms in total. The van der Waals surface area contributed by atoms with Crippen LogP contribution in [-0.2, 0) is 6.54 Å². The number of anilines is 1. The lowest BCUT2D eigenvalue weighted by Crippen LogP contribution is -2.14. The Balaban J connectivity index is 2.06. The molecular formula is C10H11BrN2S2. The Kier molecular flexibility index (Phi) is 3.43. The van der Waals surface area contributed by atoms with Crippen LogP contribution < -0.4 is 4.90 Å². The van der Waals surface area contributed by atoms with Crippen molar-refractivity contribution < 1.29 is 0 Å². The first-order valence-corrected chi connectivity index (χ1v) is 6.95. The molecule has 2 aromatic heterocycles. The molecule has 0 unspecified atom stereocenters. The van der Waals surface area contributed by atoms with E-state index in [0.717, 1.165) is 11.7 Å². The number of aromatic nitrogens is 1. The molecule has 0 atom stereocenters. The zero-order valence-electron chi connectivity index (χ0n) is 8.53. The molecule has 0 radical (unpaired) electrons. The van der Waals surface area contributed by atoms with Crippen LogP contribution in [0, 0.1) is 6.92 Å². The van der Waals surface area contributed by atoms with Crippen molar-refractivity contribution in [2.75, 3.05) is 11.9 Å². The quantitative estimate of drug-likeness (QED) is 0.854. The van der Waals surface area contributed by atoms with E-state index in [9.17, 15) is 0 Å². The van der Waals surface area contributed by atoms with Gasteiger partial charge >= 0.3 is 0 Å². The first-order valence-electron chi connectivity index (χ1n) is 4.53. The Bertz CT molecular complexity index is 450. The molecule has 5 heteroatoms. The Morgan fingerprint density at radius 2 is 2.20 bits per heavy atom. The fourth-order valence-corrected chi connectivity index (χ4v) is 3.51. The number of thiophene rings is 1. The molecule has 0 aliphatic heterocycles. The number of rotatable bonds is 3. The third kappa shape index (κ3) is 2.80.